The maximum absolute atomic E-state index is 11.1. The van der Waals surface area contributed by atoms with Crippen LogP contribution in [-0.4, -0.2) is 19.1 Å². The Kier molecular flexibility index (Phi) is 3.83. The fourth-order valence-electron chi connectivity index (χ4n) is 1.28. The Morgan fingerprint density at radius 2 is 2.27 bits per heavy atom. The van der Waals surface area contributed by atoms with Crippen LogP contribution in [0.5, 0.6) is 0 Å². The van der Waals surface area contributed by atoms with Gasteiger partial charge in [0.1, 0.15) is 6.04 Å². The molecule has 0 unspecified atom stereocenters. The van der Waals surface area contributed by atoms with Gasteiger partial charge in [0.2, 0.25) is 0 Å². The van der Waals surface area contributed by atoms with Crippen molar-refractivity contribution in [3.05, 3.63) is 35.4 Å². The van der Waals surface area contributed by atoms with Crippen molar-refractivity contribution in [3.63, 3.8) is 0 Å². The third-order valence-corrected chi connectivity index (χ3v) is 2.08. The molecule has 0 aromatic heterocycles. The van der Waals surface area contributed by atoms with Gasteiger partial charge in [0.25, 0.3) is 0 Å². The lowest BCUT2D eigenvalue weighted by molar-refractivity contribution is -0.142. The van der Waals surface area contributed by atoms with Crippen LogP contribution in [0.15, 0.2) is 24.3 Å². The van der Waals surface area contributed by atoms with Gasteiger partial charge in [0.05, 0.1) is 18.7 Å². The Balaban J connectivity index is 2.81. The first kappa shape index (κ1) is 11.2. The second kappa shape index (κ2) is 5.13. The largest absolute Gasteiger partial charge is 0.468 e. The molecule has 4 heteroatoms. The molecule has 0 saturated heterocycles. The summed E-state index contributed by atoms with van der Waals surface area (Å²) in [5.41, 5.74) is 6.90. The number of nitrogens with zero attached hydrogens (tertiary/aromatic N) is 1. The van der Waals surface area contributed by atoms with Gasteiger partial charge in [-0.2, -0.15) is 5.26 Å². The van der Waals surface area contributed by atoms with Crippen molar-refractivity contribution in [2.24, 2.45) is 5.73 Å². The number of benzene rings is 1. The zero-order chi connectivity index (χ0) is 11.3. The predicted octanol–water partition coefficient (Wildman–Crippen LogP) is 0.601. The number of nitriles is 1. The molecule has 0 fully saturated rings. The Bertz CT molecular complexity index is 396. The van der Waals surface area contributed by atoms with E-state index >= 15 is 0 Å². The van der Waals surface area contributed by atoms with Crippen LogP contribution in [0, 0.1) is 11.3 Å². The summed E-state index contributed by atoms with van der Waals surface area (Å²) in [6.07, 6.45) is 0.316. The number of ether oxygens (including phenoxy) is 1. The maximum Gasteiger partial charge on any atom is 0.322 e. The molecular weight excluding hydrogens is 192 g/mol. The number of methoxy groups -OCH3 is 1. The Morgan fingerprint density at radius 3 is 2.87 bits per heavy atom. The lowest BCUT2D eigenvalue weighted by atomic mass is 10.0. The lowest BCUT2D eigenvalue weighted by Crippen LogP contribution is -2.33. The first-order valence-corrected chi connectivity index (χ1v) is 4.50. The van der Waals surface area contributed by atoms with E-state index in [9.17, 15) is 4.79 Å². The van der Waals surface area contributed by atoms with Crippen molar-refractivity contribution in [1.29, 1.82) is 5.26 Å². The zero-order valence-electron chi connectivity index (χ0n) is 8.43. The Hall–Kier alpha value is -1.86. The summed E-state index contributed by atoms with van der Waals surface area (Å²) >= 11 is 0. The maximum atomic E-state index is 11.1. The van der Waals surface area contributed by atoms with Crippen LogP contribution < -0.4 is 5.73 Å². The van der Waals surface area contributed by atoms with Crippen molar-refractivity contribution in [2.45, 2.75) is 12.5 Å². The SMILES string of the molecule is COC(=O)[C@H](N)Cc1ccccc1C#N. The highest BCUT2D eigenvalue weighted by Gasteiger charge is 2.15. The summed E-state index contributed by atoms with van der Waals surface area (Å²) < 4.78 is 4.51. The van der Waals surface area contributed by atoms with E-state index in [4.69, 9.17) is 11.0 Å². The quantitative estimate of drug-likeness (QED) is 0.731. The minimum Gasteiger partial charge on any atom is -0.468 e. The van der Waals surface area contributed by atoms with Gasteiger partial charge in [-0.3, -0.25) is 4.79 Å². The standard InChI is InChI=1S/C11H12N2O2/c1-15-11(14)10(13)6-8-4-2-3-5-9(8)7-12/h2-5,10H,6,13H2,1H3/t10-/m1/s1. The van der Waals surface area contributed by atoms with Crippen LogP contribution in [0.3, 0.4) is 0 Å². The molecule has 0 radical (unpaired) electrons. The summed E-state index contributed by atoms with van der Waals surface area (Å²) in [6.45, 7) is 0. The van der Waals surface area contributed by atoms with Gasteiger partial charge in [0, 0.05) is 0 Å². The van der Waals surface area contributed by atoms with E-state index in [-0.39, 0.29) is 0 Å². The number of hydrogen-bond acceptors (Lipinski definition) is 4. The number of esters is 1. The highest BCUT2D eigenvalue weighted by molar-refractivity contribution is 5.75. The molecule has 1 aromatic rings. The third-order valence-electron chi connectivity index (χ3n) is 2.08. The molecule has 1 rings (SSSR count). The van der Waals surface area contributed by atoms with E-state index in [1.807, 2.05) is 0 Å². The first-order chi connectivity index (χ1) is 7.19. The molecular formula is C11H12N2O2. The topological polar surface area (TPSA) is 76.1 Å². The molecule has 0 heterocycles. The van der Waals surface area contributed by atoms with Crippen molar-refractivity contribution in [2.75, 3.05) is 7.11 Å². The molecule has 0 saturated carbocycles. The van der Waals surface area contributed by atoms with Gasteiger partial charge in [-0.15, -0.1) is 0 Å². The minimum atomic E-state index is -0.718. The van der Waals surface area contributed by atoms with Crippen LogP contribution in [0.1, 0.15) is 11.1 Å². The molecule has 4 nitrogen and oxygen atoms in total. The number of rotatable bonds is 3. The second-order valence-electron chi connectivity index (χ2n) is 3.10. The molecule has 0 aliphatic rings. The molecule has 2 N–H and O–H groups in total. The summed E-state index contributed by atoms with van der Waals surface area (Å²) in [7, 11) is 1.29. The highest BCUT2D eigenvalue weighted by atomic mass is 16.5. The summed E-state index contributed by atoms with van der Waals surface area (Å²) in [4.78, 5) is 11.1. The van der Waals surface area contributed by atoms with E-state index < -0.39 is 12.0 Å². The molecule has 78 valence electrons. The average molecular weight is 204 g/mol. The molecule has 0 spiro atoms. The van der Waals surface area contributed by atoms with Gasteiger partial charge in [-0.05, 0) is 18.1 Å². The van der Waals surface area contributed by atoms with Gasteiger partial charge < -0.3 is 10.5 Å². The normalized spacial score (nSPS) is 11.5. The number of carbonyl (C=O) groups excluding carboxylic acids is 1. The number of carbonyl (C=O) groups is 1. The smallest absolute Gasteiger partial charge is 0.322 e. The van der Waals surface area contributed by atoms with Crippen molar-refractivity contribution >= 4 is 5.97 Å². The van der Waals surface area contributed by atoms with Gasteiger partial charge >= 0.3 is 5.97 Å². The van der Waals surface area contributed by atoms with E-state index in [0.717, 1.165) is 5.56 Å². The molecule has 0 aliphatic heterocycles. The van der Waals surface area contributed by atoms with Gasteiger partial charge in [0.15, 0.2) is 0 Å². The fourth-order valence-corrected chi connectivity index (χ4v) is 1.28. The van der Waals surface area contributed by atoms with Crippen molar-refractivity contribution in [3.8, 4) is 6.07 Å². The van der Waals surface area contributed by atoms with E-state index in [0.29, 0.717) is 12.0 Å². The highest BCUT2D eigenvalue weighted by Crippen LogP contribution is 2.09. The van der Waals surface area contributed by atoms with Crippen LogP contribution >= 0.6 is 0 Å². The van der Waals surface area contributed by atoms with Crippen molar-refractivity contribution < 1.29 is 9.53 Å². The molecule has 15 heavy (non-hydrogen) atoms. The zero-order valence-corrected chi connectivity index (χ0v) is 8.43. The Labute approximate surface area is 88.3 Å². The van der Waals surface area contributed by atoms with E-state index in [2.05, 4.69) is 10.8 Å². The van der Waals surface area contributed by atoms with Crippen LogP contribution in [0.25, 0.3) is 0 Å². The summed E-state index contributed by atoms with van der Waals surface area (Å²) in [5, 5.41) is 8.82. The monoisotopic (exact) mass is 204 g/mol. The van der Waals surface area contributed by atoms with E-state index in [1.54, 1.807) is 24.3 Å². The first-order valence-electron chi connectivity index (χ1n) is 4.50. The second-order valence-corrected chi connectivity index (χ2v) is 3.10. The van der Waals surface area contributed by atoms with Crippen LogP contribution in [0.2, 0.25) is 0 Å². The predicted molar refractivity (Wildman–Crippen MR) is 54.9 cm³/mol. The Morgan fingerprint density at radius 1 is 1.60 bits per heavy atom. The summed E-state index contributed by atoms with van der Waals surface area (Å²) in [5.74, 6) is -0.470. The van der Waals surface area contributed by atoms with Crippen LogP contribution in [0.4, 0.5) is 0 Å². The fraction of sp³-hybridized carbons (Fsp3) is 0.273. The summed E-state index contributed by atoms with van der Waals surface area (Å²) in [6, 6.07) is 8.38. The minimum absolute atomic E-state index is 0.316. The number of hydrogen-bond donors (Lipinski definition) is 1. The van der Waals surface area contributed by atoms with Crippen molar-refractivity contribution in [1.82, 2.24) is 0 Å². The molecule has 0 amide bonds. The van der Waals surface area contributed by atoms with Gasteiger partial charge in [-0.1, -0.05) is 18.2 Å². The third kappa shape index (κ3) is 2.79. The molecule has 1 aromatic carbocycles. The van der Waals surface area contributed by atoms with E-state index in [1.165, 1.54) is 7.11 Å². The number of nitrogens with two attached hydrogens (primary N) is 1. The van der Waals surface area contributed by atoms with Gasteiger partial charge in [-0.25, -0.2) is 0 Å². The lowest BCUT2D eigenvalue weighted by Gasteiger charge is -2.09. The molecule has 1 atom stereocenters. The average Bonchev–Trinajstić information content (AvgIpc) is 2.28. The molecule has 0 aliphatic carbocycles. The molecule has 0 bridgehead atoms. The van der Waals surface area contributed by atoms with Crippen LogP contribution in [-0.2, 0) is 16.0 Å².